The van der Waals surface area contributed by atoms with Gasteiger partial charge in [0.05, 0.1) is 15.8 Å². The second-order valence-corrected chi connectivity index (χ2v) is 5.08. The summed E-state index contributed by atoms with van der Waals surface area (Å²) in [6, 6.07) is 6.04. The first kappa shape index (κ1) is 14.5. The second-order valence-electron chi connectivity index (χ2n) is 4.29. The maximum Gasteiger partial charge on any atom is 0.163 e. The monoisotopic (exact) mass is 339 g/mol. The molecule has 20 heavy (non-hydrogen) atoms. The van der Waals surface area contributed by atoms with Gasteiger partial charge in [-0.15, -0.1) is 0 Å². The molecule has 0 unspecified atom stereocenters. The largest absolute Gasteiger partial charge is 0.396 e. The fourth-order valence-electron chi connectivity index (χ4n) is 1.75. The Kier molecular flexibility index (Phi) is 4.04. The number of halogens is 3. The van der Waals surface area contributed by atoms with Crippen LogP contribution >= 0.6 is 15.9 Å². The van der Waals surface area contributed by atoms with Crippen LogP contribution in [0.5, 0.6) is 0 Å². The Morgan fingerprint density at radius 3 is 2.60 bits per heavy atom. The number of nitrogens with two attached hydrogens (primary N) is 1. The Labute approximate surface area is 123 Å². The highest BCUT2D eigenvalue weighted by molar-refractivity contribution is 9.10. The Bertz CT molecular complexity index is 687. The van der Waals surface area contributed by atoms with Crippen molar-refractivity contribution in [2.45, 2.75) is 6.92 Å². The molecule has 0 atom stereocenters. The van der Waals surface area contributed by atoms with Crippen molar-refractivity contribution in [3.05, 3.63) is 51.5 Å². The van der Waals surface area contributed by atoms with Crippen LogP contribution in [0.3, 0.4) is 0 Å². The third-order valence-corrected chi connectivity index (χ3v) is 3.64. The third kappa shape index (κ3) is 2.65. The number of hydrogen-bond donors (Lipinski definition) is 3. The van der Waals surface area contributed by atoms with E-state index in [4.69, 9.17) is 11.1 Å². The number of aryl methyl sites for hydroxylation is 1. The zero-order valence-electron chi connectivity index (χ0n) is 10.6. The molecule has 2 aromatic carbocycles. The van der Waals surface area contributed by atoms with Crippen LogP contribution in [0.2, 0.25) is 0 Å². The molecule has 2 aromatic rings. The van der Waals surface area contributed by atoms with Gasteiger partial charge in [0.15, 0.2) is 5.82 Å². The quantitative estimate of drug-likeness (QED) is 0.574. The molecule has 0 saturated heterocycles. The summed E-state index contributed by atoms with van der Waals surface area (Å²) in [5, 5.41) is 10.2. The molecule has 0 amide bonds. The van der Waals surface area contributed by atoms with E-state index in [0.29, 0.717) is 16.9 Å². The molecule has 0 saturated carbocycles. The summed E-state index contributed by atoms with van der Waals surface area (Å²) >= 11 is 3.12. The van der Waals surface area contributed by atoms with E-state index in [2.05, 4.69) is 21.2 Å². The van der Waals surface area contributed by atoms with Crippen LogP contribution in [0.25, 0.3) is 0 Å². The fourth-order valence-corrected chi connectivity index (χ4v) is 2.18. The molecule has 6 heteroatoms. The highest BCUT2D eigenvalue weighted by atomic mass is 79.9. The Morgan fingerprint density at radius 1 is 1.30 bits per heavy atom. The molecule has 4 N–H and O–H groups in total. The maximum atomic E-state index is 13.9. The molecule has 0 radical (unpaired) electrons. The fraction of sp³-hybridized carbons (Fsp3) is 0.0714. The molecule has 104 valence electrons. The van der Waals surface area contributed by atoms with Gasteiger partial charge in [-0.2, -0.15) is 0 Å². The van der Waals surface area contributed by atoms with Gasteiger partial charge in [0.2, 0.25) is 0 Å². The molecular formula is C14H12BrF2N3. The van der Waals surface area contributed by atoms with Gasteiger partial charge in [0.25, 0.3) is 0 Å². The lowest BCUT2D eigenvalue weighted by atomic mass is 10.1. The van der Waals surface area contributed by atoms with Gasteiger partial charge in [-0.3, -0.25) is 0 Å². The summed E-state index contributed by atoms with van der Waals surface area (Å²) in [4.78, 5) is 0. The lowest BCUT2D eigenvalue weighted by Crippen LogP contribution is -2.02. The number of nitrogen functional groups attached to an aromatic ring is 1. The van der Waals surface area contributed by atoms with Gasteiger partial charge in [0.1, 0.15) is 5.82 Å². The van der Waals surface area contributed by atoms with Crippen molar-refractivity contribution in [1.82, 2.24) is 0 Å². The Balaban J connectivity index is 2.45. The number of nitrogens with one attached hydrogen (secondary N) is 2. The highest BCUT2D eigenvalue weighted by Gasteiger charge is 2.14. The summed E-state index contributed by atoms with van der Waals surface area (Å²) < 4.78 is 27.3. The van der Waals surface area contributed by atoms with Gasteiger partial charge in [0, 0.05) is 17.5 Å². The minimum Gasteiger partial charge on any atom is -0.396 e. The van der Waals surface area contributed by atoms with Crippen LogP contribution in [-0.2, 0) is 0 Å². The lowest BCUT2D eigenvalue weighted by molar-refractivity contribution is 0.618. The van der Waals surface area contributed by atoms with E-state index in [9.17, 15) is 8.78 Å². The average molecular weight is 340 g/mol. The lowest BCUT2D eigenvalue weighted by Gasteiger charge is -2.13. The first-order chi connectivity index (χ1) is 9.43. The molecule has 0 spiro atoms. The molecule has 0 aliphatic heterocycles. The predicted molar refractivity (Wildman–Crippen MR) is 80.8 cm³/mol. The molecule has 0 aliphatic rings. The minimum absolute atomic E-state index is 0.0901. The molecule has 3 nitrogen and oxygen atoms in total. The van der Waals surface area contributed by atoms with Gasteiger partial charge >= 0.3 is 0 Å². The zero-order chi connectivity index (χ0) is 14.9. The van der Waals surface area contributed by atoms with Crippen LogP contribution < -0.4 is 11.1 Å². The van der Waals surface area contributed by atoms with Gasteiger partial charge < -0.3 is 16.5 Å². The molecular weight excluding hydrogens is 328 g/mol. The van der Waals surface area contributed by atoms with Crippen molar-refractivity contribution >= 4 is 39.2 Å². The van der Waals surface area contributed by atoms with E-state index in [-0.39, 0.29) is 21.5 Å². The summed E-state index contributed by atoms with van der Waals surface area (Å²) in [7, 11) is 0. The van der Waals surface area contributed by atoms with E-state index in [1.165, 1.54) is 6.07 Å². The van der Waals surface area contributed by atoms with Crippen molar-refractivity contribution in [3.8, 4) is 0 Å². The SMILES string of the molecule is Cc1cc(Nc2cc(C=N)c(N)c(F)c2Br)ccc1F. The van der Waals surface area contributed by atoms with Gasteiger partial charge in [-0.05, 0) is 52.7 Å². The first-order valence-corrected chi connectivity index (χ1v) is 6.54. The molecule has 0 aromatic heterocycles. The molecule has 2 rings (SSSR count). The first-order valence-electron chi connectivity index (χ1n) is 5.75. The van der Waals surface area contributed by atoms with E-state index >= 15 is 0 Å². The van der Waals surface area contributed by atoms with Crippen molar-refractivity contribution in [1.29, 1.82) is 5.41 Å². The number of rotatable bonds is 3. The minimum atomic E-state index is -0.632. The average Bonchev–Trinajstić information content (AvgIpc) is 2.43. The summed E-state index contributed by atoms with van der Waals surface area (Å²) in [5.41, 5.74) is 7.26. The normalized spacial score (nSPS) is 10.4. The van der Waals surface area contributed by atoms with E-state index < -0.39 is 5.82 Å². The van der Waals surface area contributed by atoms with Crippen LogP contribution in [0.1, 0.15) is 11.1 Å². The summed E-state index contributed by atoms with van der Waals surface area (Å²) in [6.45, 7) is 1.64. The molecule has 0 heterocycles. The van der Waals surface area contributed by atoms with Crippen LogP contribution in [0.15, 0.2) is 28.7 Å². The maximum absolute atomic E-state index is 13.9. The van der Waals surface area contributed by atoms with Crippen molar-refractivity contribution in [2.24, 2.45) is 0 Å². The van der Waals surface area contributed by atoms with Crippen LogP contribution in [0, 0.1) is 24.0 Å². The van der Waals surface area contributed by atoms with E-state index in [1.807, 2.05) is 0 Å². The second kappa shape index (κ2) is 5.58. The molecule has 0 fully saturated rings. The smallest absolute Gasteiger partial charge is 0.163 e. The topological polar surface area (TPSA) is 61.9 Å². The van der Waals surface area contributed by atoms with Crippen LogP contribution in [0.4, 0.5) is 25.8 Å². The van der Waals surface area contributed by atoms with Crippen LogP contribution in [-0.4, -0.2) is 6.21 Å². The Hall–Kier alpha value is -1.95. The van der Waals surface area contributed by atoms with Crippen molar-refractivity contribution < 1.29 is 8.78 Å². The summed E-state index contributed by atoms with van der Waals surface area (Å²) in [5.74, 6) is -0.939. The third-order valence-electron chi connectivity index (χ3n) is 2.87. The highest BCUT2D eigenvalue weighted by Crippen LogP contribution is 2.33. The van der Waals surface area contributed by atoms with Gasteiger partial charge in [-0.1, -0.05) is 0 Å². The van der Waals surface area contributed by atoms with Crippen molar-refractivity contribution in [2.75, 3.05) is 11.1 Å². The van der Waals surface area contributed by atoms with Crippen molar-refractivity contribution in [3.63, 3.8) is 0 Å². The zero-order valence-corrected chi connectivity index (χ0v) is 12.2. The van der Waals surface area contributed by atoms with E-state index in [0.717, 1.165) is 6.21 Å². The Morgan fingerprint density at radius 2 is 2.00 bits per heavy atom. The molecule has 0 bridgehead atoms. The number of anilines is 3. The molecule has 0 aliphatic carbocycles. The van der Waals surface area contributed by atoms with E-state index in [1.54, 1.807) is 25.1 Å². The standard InChI is InChI=1S/C14H12BrF2N3/c1-7-4-9(2-3-10(7)16)20-11-5-8(6-18)14(19)13(17)12(11)15/h2-6,18,20H,19H2,1H3. The number of hydrogen-bond acceptors (Lipinski definition) is 3. The predicted octanol–water partition coefficient (Wildman–Crippen LogP) is 4.36. The van der Waals surface area contributed by atoms with Gasteiger partial charge in [-0.25, -0.2) is 8.78 Å². The number of benzene rings is 2. The summed E-state index contributed by atoms with van der Waals surface area (Å²) in [6.07, 6.45) is 0.978.